The first kappa shape index (κ1) is 13.1. The van der Waals surface area contributed by atoms with Crippen LogP contribution in [0.25, 0.3) is 6.08 Å². The summed E-state index contributed by atoms with van der Waals surface area (Å²) < 4.78 is 0. The quantitative estimate of drug-likeness (QED) is 0.724. The van der Waals surface area contributed by atoms with Gasteiger partial charge in [-0.05, 0) is 18.1 Å². The zero-order chi connectivity index (χ0) is 12.7. The van der Waals surface area contributed by atoms with E-state index in [9.17, 15) is 4.79 Å². The molecule has 0 aliphatic rings. The molecule has 0 spiro atoms. The van der Waals surface area contributed by atoms with Crippen LogP contribution in [-0.4, -0.2) is 23.9 Å². The monoisotopic (exact) mass is 227 g/mol. The van der Waals surface area contributed by atoms with Crippen molar-refractivity contribution in [3.05, 3.63) is 41.5 Å². The molecule has 0 radical (unpaired) electrons. The zero-order valence-electron chi connectivity index (χ0n) is 10.3. The molecule has 1 aromatic carbocycles. The Bertz CT molecular complexity index is 454. The molecule has 0 aliphatic heterocycles. The predicted molar refractivity (Wildman–Crippen MR) is 71.3 cm³/mol. The van der Waals surface area contributed by atoms with Gasteiger partial charge in [0.1, 0.15) is 0 Å². The minimum Gasteiger partial charge on any atom is -0.328 e. The van der Waals surface area contributed by atoms with Crippen molar-refractivity contribution in [2.24, 2.45) is 0 Å². The van der Waals surface area contributed by atoms with Gasteiger partial charge in [-0.1, -0.05) is 42.3 Å². The predicted octanol–water partition coefficient (Wildman–Crippen LogP) is 2.49. The lowest BCUT2D eigenvalue weighted by molar-refractivity contribution is -0.127. The molecule has 0 N–H and O–H groups in total. The Kier molecular flexibility index (Phi) is 5.03. The molecule has 0 saturated heterocycles. The zero-order valence-corrected chi connectivity index (χ0v) is 10.3. The van der Waals surface area contributed by atoms with Gasteiger partial charge in [-0.3, -0.25) is 4.79 Å². The fourth-order valence-electron chi connectivity index (χ4n) is 1.50. The number of nitrogens with zero attached hydrogens (tertiary/aromatic N) is 1. The summed E-state index contributed by atoms with van der Waals surface area (Å²) in [6.07, 6.45) is 9.18. The molecule has 2 heteroatoms. The van der Waals surface area contributed by atoms with Crippen LogP contribution >= 0.6 is 0 Å². The normalized spacial score (nSPS) is 10.2. The summed E-state index contributed by atoms with van der Waals surface area (Å²) in [5.41, 5.74) is 2.38. The standard InChI is InChI=1S/C15H17NO/c1-4-11-16(14(3)17)12-7-10-15-9-6-5-8-13(15)2/h1,5-10H,11-12H2,2-3H3/b10-7+. The molecular weight excluding hydrogens is 210 g/mol. The van der Waals surface area contributed by atoms with Crippen molar-refractivity contribution in [1.29, 1.82) is 0 Å². The van der Waals surface area contributed by atoms with Gasteiger partial charge in [0, 0.05) is 13.5 Å². The fraction of sp³-hybridized carbons (Fsp3) is 0.267. The van der Waals surface area contributed by atoms with Crippen molar-refractivity contribution >= 4 is 12.0 Å². The van der Waals surface area contributed by atoms with Crippen LogP contribution < -0.4 is 0 Å². The second-order valence-electron chi connectivity index (χ2n) is 3.86. The lowest BCUT2D eigenvalue weighted by Gasteiger charge is -2.15. The van der Waals surface area contributed by atoms with Crippen molar-refractivity contribution in [3.63, 3.8) is 0 Å². The van der Waals surface area contributed by atoms with Crippen LogP contribution in [-0.2, 0) is 4.79 Å². The van der Waals surface area contributed by atoms with Gasteiger partial charge in [-0.25, -0.2) is 0 Å². The Balaban J connectivity index is 2.64. The number of aryl methyl sites for hydroxylation is 1. The number of hydrogen-bond acceptors (Lipinski definition) is 1. The summed E-state index contributed by atoms with van der Waals surface area (Å²) in [6, 6.07) is 8.11. The first-order chi connectivity index (χ1) is 8.15. The molecule has 0 aliphatic carbocycles. The molecule has 1 aromatic rings. The Labute approximate surface area is 103 Å². The maximum Gasteiger partial charge on any atom is 0.220 e. The topological polar surface area (TPSA) is 20.3 Å². The molecule has 88 valence electrons. The van der Waals surface area contributed by atoms with E-state index in [-0.39, 0.29) is 5.91 Å². The highest BCUT2D eigenvalue weighted by atomic mass is 16.2. The highest BCUT2D eigenvalue weighted by Gasteiger charge is 2.03. The van der Waals surface area contributed by atoms with Gasteiger partial charge in [0.2, 0.25) is 5.91 Å². The van der Waals surface area contributed by atoms with Crippen molar-refractivity contribution in [2.45, 2.75) is 13.8 Å². The van der Waals surface area contributed by atoms with Crippen molar-refractivity contribution in [2.75, 3.05) is 13.1 Å². The van der Waals surface area contributed by atoms with E-state index < -0.39 is 0 Å². The van der Waals surface area contributed by atoms with Gasteiger partial charge in [-0.2, -0.15) is 0 Å². The summed E-state index contributed by atoms with van der Waals surface area (Å²) in [7, 11) is 0. The van der Waals surface area contributed by atoms with Crippen LogP contribution in [0.1, 0.15) is 18.1 Å². The Morgan fingerprint density at radius 2 is 2.18 bits per heavy atom. The molecule has 0 unspecified atom stereocenters. The third-order valence-corrected chi connectivity index (χ3v) is 2.54. The van der Waals surface area contributed by atoms with Gasteiger partial charge in [0.05, 0.1) is 6.54 Å². The Hall–Kier alpha value is -2.01. The molecule has 0 aromatic heterocycles. The van der Waals surface area contributed by atoms with Crippen LogP contribution in [0.4, 0.5) is 0 Å². The second kappa shape index (κ2) is 6.55. The van der Waals surface area contributed by atoms with E-state index >= 15 is 0 Å². The van der Waals surface area contributed by atoms with Gasteiger partial charge < -0.3 is 4.90 Å². The summed E-state index contributed by atoms with van der Waals surface area (Å²) >= 11 is 0. The molecule has 17 heavy (non-hydrogen) atoms. The summed E-state index contributed by atoms with van der Waals surface area (Å²) in [6.45, 7) is 4.49. The van der Waals surface area contributed by atoms with E-state index in [1.807, 2.05) is 30.4 Å². The van der Waals surface area contributed by atoms with E-state index in [0.717, 1.165) is 5.56 Å². The highest BCUT2D eigenvalue weighted by Crippen LogP contribution is 2.08. The molecule has 1 amide bonds. The van der Waals surface area contributed by atoms with Crippen molar-refractivity contribution < 1.29 is 4.79 Å². The number of benzene rings is 1. The van der Waals surface area contributed by atoms with Crippen molar-refractivity contribution in [1.82, 2.24) is 4.90 Å². The van der Waals surface area contributed by atoms with E-state index in [1.54, 1.807) is 4.90 Å². The Morgan fingerprint density at radius 1 is 1.47 bits per heavy atom. The van der Waals surface area contributed by atoms with Gasteiger partial charge in [0.25, 0.3) is 0 Å². The number of terminal acetylenes is 1. The van der Waals surface area contributed by atoms with E-state index in [2.05, 4.69) is 18.9 Å². The number of carbonyl (C=O) groups excluding carboxylic acids is 1. The fourth-order valence-corrected chi connectivity index (χ4v) is 1.50. The molecule has 1 rings (SSSR count). The van der Waals surface area contributed by atoms with Crippen LogP contribution in [0.15, 0.2) is 30.3 Å². The highest BCUT2D eigenvalue weighted by molar-refractivity contribution is 5.73. The van der Waals surface area contributed by atoms with Crippen LogP contribution in [0.3, 0.4) is 0 Å². The first-order valence-corrected chi connectivity index (χ1v) is 5.56. The number of carbonyl (C=O) groups is 1. The first-order valence-electron chi connectivity index (χ1n) is 5.56. The number of hydrogen-bond donors (Lipinski definition) is 0. The minimum atomic E-state index is -0.00242. The SMILES string of the molecule is C#CCN(C/C=C/c1ccccc1C)C(C)=O. The van der Waals surface area contributed by atoms with Gasteiger partial charge in [0.15, 0.2) is 0 Å². The lowest BCUT2D eigenvalue weighted by Crippen LogP contribution is -2.29. The lowest BCUT2D eigenvalue weighted by atomic mass is 10.1. The maximum atomic E-state index is 11.2. The molecule has 0 bridgehead atoms. The molecule has 0 heterocycles. The molecule has 0 fully saturated rings. The van der Waals surface area contributed by atoms with Crippen LogP contribution in [0.5, 0.6) is 0 Å². The molecule has 2 nitrogen and oxygen atoms in total. The largest absolute Gasteiger partial charge is 0.328 e. The number of rotatable bonds is 4. The summed E-state index contributed by atoms with van der Waals surface area (Å²) in [5, 5.41) is 0. The average Bonchev–Trinajstić information content (AvgIpc) is 2.30. The van der Waals surface area contributed by atoms with Gasteiger partial charge in [-0.15, -0.1) is 6.42 Å². The summed E-state index contributed by atoms with van der Waals surface area (Å²) in [5.74, 6) is 2.48. The van der Waals surface area contributed by atoms with Crippen LogP contribution in [0, 0.1) is 19.3 Å². The number of amides is 1. The van der Waals surface area contributed by atoms with E-state index in [0.29, 0.717) is 13.1 Å². The van der Waals surface area contributed by atoms with Gasteiger partial charge >= 0.3 is 0 Å². The molecular formula is C15H17NO. The molecule has 0 saturated carbocycles. The van der Waals surface area contributed by atoms with Crippen molar-refractivity contribution in [3.8, 4) is 12.3 Å². The third-order valence-electron chi connectivity index (χ3n) is 2.54. The summed E-state index contributed by atoms with van der Waals surface area (Å²) in [4.78, 5) is 12.9. The average molecular weight is 227 g/mol. The maximum absolute atomic E-state index is 11.2. The second-order valence-corrected chi connectivity index (χ2v) is 3.86. The third kappa shape index (κ3) is 4.16. The Morgan fingerprint density at radius 3 is 2.76 bits per heavy atom. The molecule has 0 atom stereocenters. The van der Waals surface area contributed by atoms with E-state index in [4.69, 9.17) is 6.42 Å². The minimum absolute atomic E-state index is 0.00242. The van der Waals surface area contributed by atoms with Crippen LogP contribution in [0.2, 0.25) is 0 Å². The van der Waals surface area contributed by atoms with E-state index in [1.165, 1.54) is 12.5 Å². The smallest absolute Gasteiger partial charge is 0.220 e.